The fourth-order valence-electron chi connectivity index (χ4n) is 0.797. The average Bonchev–Trinajstić information content (AvgIpc) is 2.03. The molecule has 0 fully saturated rings. The first-order valence-electron chi connectivity index (χ1n) is 3.10. The quantitative estimate of drug-likeness (QED) is 0.438. The van der Waals surface area contributed by atoms with Gasteiger partial charge in [0, 0.05) is 0 Å². The lowest BCUT2D eigenvalue weighted by molar-refractivity contribution is -0.388. The molecule has 1 aromatic rings. The maximum Gasteiger partial charge on any atom is 0.290 e. The van der Waals surface area contributed by atoms with Crippen LogP contribution in [0, 0.1) is 15.9 Å². The van der Waals surface area contributed by atoms with Crippen LogP contribution in [0.4, 0.5) is 10.1 Å². The third kappa shape index (κ3) is 2.00. The third-order valence-corrected chi connectivity index (χ3v) is 2.10. The third-order valence-electron chi connectivity index (χ3n) is 1.33. The molecule has 70 valence electrons. The second-order valence-electron chi connectivity index (χ2n) is 2.15. The van der Waals surface area contributed by atoms with E-state index >= 15 is 0 Å². The fraction of sp³-hybridized carbons (Fsp3) is 0. The van der Waals surface area contributed by atoms with E-state index < -0.39 is 32.0 Å². The van der Waals surface area contributed by atoms with Gasteiger partial charge in [0.15, 0.2) is 10.7 Å². The second kappa shape index (κ2) is 3.48. The van der Waals surface area contributed by atoms with Crippen LogP contribution in [0.1, 0.15) is 0 Å². The highest BCUT2D eigenvalue weighted by Crippen LogP contribution is 2.20. The highest BCUT2D eigenvalue weighted by molar-refractivity contribution is 7.72. The smallest absolute Gasteiger partial charge is 0.258 e. The molecule has 0 saturated carbocycles. The second-order valence-corrected chi connectivity index (χ2v) is 3.14. The van der Waals surface area contributed by atoms with E-state index in [2.05, 4.69) is 0 Å². The maximum absolute atomic E-state index is 12.5. The molecule has 0 aliphatic rings. The van der Waals surface area contributed by atoms with Gasteiger partial charge in [-0.3, -0.25) is 10.1 Å². The van der Waals surface area contributed by atoms with Crippen LogP contribution >= 0.6 is 0 Å². The largest absolute Gasteiger partial charge is 0.290 e. The number of benzene rings is 1. The first-order chi connectivity index (χ1) is 6.02. The van der Waals surface area contributed by atoms with Gasteiger partial charge >= 0.3 is 0 Å². The summed E-state index contributed by atoms with van der Waals surface area (Å²) < 4.78 is 33.4. The first kappa shape index (κ1) is 9.59. The van der Waals surface area contributed by atoms with Crippen molar-refractivity contribution in [3.05, 3.63) is 34.1 Å². The van der Waals surface area contributed by atoms with Crippen molar-refractivity contribution in [3.63, 3.8) is 0 Å². The van der Waals surface area contributed by atoms with Crippen LogP contribution < -0.4 is 0 Å². The predicted octanol–water partition coefficient (Wildman–Crippen LogP) is 0.704. The predicted molar refractivity (Wildman–Crippen MR) is 41.6 cm³/mol. The Morgan fingerprint density at radius 2 is 2.00 bits per heavy atom. The summed E-state index contributed by atoms with van der Waals surface area (Å²) in [5.41, 5.74) is -0.740. The van der Waals surface area contributed by atoms with Gasteiger partial charge in [-0.2, -0.15) is 0 Å². The molecule has 0 aliphatic heterocycles. The topological polar surface area (TPSA) is 77.3 Å². The van der Waals surface area contributed by atoms with Gasteiger partial charge in [-0.05, 0) is 12.1 Å². The van der Waals surface area contributed by atoms with Crippen LogP contribution in [0.5, 0.6) is 0 Å². The van der Waals surface area contributed by atoms with Crippen molar-refractivity contribution in [2.75, 3.05) is 0 Å². The molecule has 1 aromatic carbocycles. The van der Waals surface area contributed by atoms with Crippen LogP contribution in [0.2, 0.25) is 0 Å². The minimum Gasteiger partial charge on any atom is -0.258 e. The number of nitrogens with zero attached hydrogens (tertiary/aromatic N) is 1. The van der Waals surface area contributed by atoms with E-state index in [1.165, 1.54) is 0 Å². The molecule has 7 heteroatoms. The monoisotopic (exact) mass is 205 g/mol. The molecule has 0 aromatic heterocycles. The minimum atomic E-state index is -3.07. The van der Waals surface area contributed by atoms with E-state index in [0.717, 1.165) is 12.1 Å². The molecule has 1 rings (SSSR count). The van der Waals surface area contributed by atoms with Gasteiger partial charge < -0.3 is 0 Å². The Hall–Kier alpha value is -1.50. The van der Waals surface area contributed by atoms with E-state index in [0.29, 0.717) is 6.07 Å². The standard InChI is InChI=1S/C6H4FNO4S/c7-4-1-2-6(13(11)12)5(3-4)8(9)10/h1-3,13H. The summed E-state index contributed by atoms with van der Waals surface area (Å²) in [6.07, 6.45) is 0. The van der Waals surface area contributed by atoms with Gasteiger partial charge in [0.05, 0.1) is 11.0 Å². The van der Waals surface area contributed by atoms with Gasteiger partial charge in [0.1, 0.15) is 10.7 Å². The number of rotatable bonds is 2. The van der Waals surface area contributed by atoms with Crippen LogP contribution in [0.3, 0.4) is 0 Å². The lowest BCUT2D eigenvalue weighted by atomic mass is 10.3. The number of halogens is 1. The summed E-state index contributed by atoms with van der Waals surface area (Å²) in [6, 6.07) is 2.28. The van der Waals surface area contributed by atoms with Crippen molar-refractivity contribution in [2.24, 2.45) is 0 Å². The molecule has 13 heavy (non-hydrogen) atoms. The van der Waals surface area contributed by atoms with E-state index in [9.17, 15) is 22.9 Å². The number of hydrogen-bond donors (Lipinski definition) is 1. The zero-order chi connectivity index (χ0) is 10.0. The van der Waals surface area contributed by atoms with Crippen molar-refractivity contribution in [2.45, 2.75) is 4.90 Å². The summed E-state index contributed by atoms with van der Waals surface area (Å²) in [7, 11) is -3.07. The minimum absolute atomic E-state index is 0.485. The van der Waals surface area contributed by atoms with Crippen LogP contribution in [-0.2, 0) is 10.7 Å². The summed E-state index contributed by atoms with van der Waals surface area (Å²) in [4.78, 5) is 8.82. The molecule has 0 saturated heterocycles. The number of nitro benzene ring substituents is 1. The molecule has 0 bridgehead atoms. The van der Waals surface area contributed by atoms with Crippen LogP contribution in [0.15, 0.2) is 23.1 Å². The Morgan fingerprint density at radius 1 is 1.38 bits per heavy atom. The lowest BCUT2D eigenvalue weighted by Gasteiger charge is -1.94. The number of hydrogen-bond acceptors (Lipinski definition) is 4. The van der Waals surface area contributed by atoms with Gasteiger partial charge in [-0.15, -0.1) is 0 Å². The Bertz CT molecular complexity index is 421. The first-order valence-corrected chi connectivity index (χ1v) is 4.28. The molecule has 0 aliphatic carbocycles. The van der Waals surface area contributed by atoms with E-state index in [4.69, 9.17) is 0 Å². The molecular weight excluding hydrogens is 201 g/mol. The summed E-state index contributed by atoms with van der Waals surface area (Å²) in [5, 5.41) is 10.2. The Kier molecular flexibility index (Phi) is 2.57. The van der Waals surface area contributed by atoms with E-state index in [-0.39, 0.29) is 0 Å². The highest BCUT2D eigenvalue weighted by Gasteiger charge is 2.16. The maximum atomic E-state index is 12.5. The molecule has 0 N–H and O–H groups in total. The zero-order valence-electron chi connectivity index (χ0n) is 6.14. The van der Waals surface area contributed by atoms with Gasteiger partial charge in [0.2, 0.25) is 0 Å². The average molecular weight is 205 g/mol. The molecule has 0 heterocycles. The molecule has 0 spiro atoms. The lowest BCUT2D eigenvalue weighted by Crippen LogP contribution is -1.94. The number of thiol groups is 1. The van der Waals surface area contributed by atoms with Crippen molar-refractivity contribution < 1.29 is 17.7 Å². The van der Waals surface area contributed by atoms with E-state index in [1.54, 1.807) is 0 Å². The van der Waals surface area contributed by atoms with Crippen molar-refractivity contribution in [3.8, 4) is 0 Å². The zero-order valence-corrected chi connectivity index (χ0v) is 7.03. The van der Waals surface area contributed by atoms with Gasteiger partial charge in [0.25, 0.3) is 5.69 Å². The Morgan fingerprint density at radius 3 is 2.46 bits per heavy atom. The molecule has 0 radical (unpaired) electrons. The highest BCUT2D eigenvalue weighted by atomic mass is 32.2. The van der Waals surface area contributed by atoms with Crippen molar-refractivity contribution in [1.29, 1.82) is 0 Å². The molecule has 5 nitrogen and oxygen atoms in total. The van der Waals surface area contributed by atoms with Crippen LogP contribution in [0.25, 0.3) is 0 Å². The molecule has 0 amide bonds. The van der Waals surface area contributed by atoms with Gasteiger partial charge in [-0.25, -0.2) is 12.8 Å². The summed E-state index contributed by atoms with van der Waals surface area (Å²) >= 11 is 0. The Labute approximate surface area is 73.9 Å². The van der Waals surface area contributed by atoms with Crippen LogP contribution in [-0.4, -0.2) is 13.3 Å². The van der Waals surface area contributed by atoms with Crippen molar-refractivity contribution >= 4 is 16.4 Å². The SMILES string of the molecule is O=[N+]([O-])c1cc(F)ccc1[SH](=O)=O. The number of nitro groups is 1. The molecule has 0 unspecified atom stereocenters. The van der Waals surface area contributed by atoms with Gasteiger partial charge in [-0.1, -0.05) is 0 Å². The van der Waals surface area contributed by atoms with Crippen molar-refractivity contribution in [1.82, 2.24) is 0 Å². The summed E-state index contributed by atoms with van der Waals surface area (Å²) in [5.74, 6) is -0.840. The fourth-order valence-corrected chi connectivity index (χ4v) is 1.33. The Balaban J connectivity index is 3.44. The van der Waals surface area contributed by atoms with E-state index in [1.807, 2.05) is 0 Å². The normalized spacial score (nSPS) is 10.3. The molecule has 0 atom stereocenters. The summed E-state index contributed by atoms with van der Waals surface area (Å²) in [6.45, 7) is 0. The molecular formula is C6H4FNO4S.